The molecule has 2 aromatic carbocycles. The van der Waals surface area contributed by atoms with Crippen LogP contribution in [0.15, 0.2) is 36.4 Å². The van der Waals surface area contributed by atoms with Gasteiger partial charge in [0.15, 0.2) is 6.61 Å². The Morgan fingerprint density at radius 1 is 1.18 bits per heavy atom. The van der Waals surface area contributed by atoms with Crippen LogP contribution in [-0.4, -0.2) is 35.4 Å². The Bertz CT molecular complexity index is 1080. The highest BCUT2D eigenvalue weighted by Crippen LogP contribution is 2.22. The Kier molecular flexibility index (Phi) is 8.86. The molecule has 2 aromatic rings. The van der Waals surface area contributed by atoms with Gasteiger partial charge in [-0.25, -0.2) is 9.18 Å². The molecule has 33 heavy (non-hydrogen) atoms. The third-order valence-corrected chi connectivity index (χ3v) is 5.00. The second-order valence-electron chi connectivity index (χ2n) is 7.58. The van der Waals surface area contributed by atoms with Crippen molar-refractivity contribution in [2.75, 3.05) is 6.61 Å². The van der Waals surface area contributed by atoms with Crippen LogP contribution in [-0.2, 0) is 20.9 Å². The van der Waals surface area contributed by atoms with Crippen LogP contribution in [0.3, 0.4) is 0 Å². The smallest absolute Gasteiger partial charge is 0.329 e. The van der Waals surface area contributed by atoms with Gasteiger partial charge >= 0.3 is 5.97 Å². The molecule has 9 nitrogen and oxygen atoms in total. The maximum absolute atomic E-state index is 13.6. The summed E-state index contributed by atoms with van der Waals surface area (Å²) in [5, 5.41) is 15.6. The number of hydrogen-bond donors (Lipinski definition) is 2. The minimum atomic E-state index is -1.09. The van der Waals surface area contributed by atoms with E-state index in [1.54, 1.807) is 32.9 Å². The number of rotatable bonds is 9. The van der Waals surface area contributed by atoms with Gasteiger partial charge in [-0.1, -0.05) is 37.6 Å². The molecule has 11 heteroatoms. The summed E-state index contributed by atoms with van der Waals surface area (Å²) in [6.07, 6.45) is 0. The van der Waals surface area contributed by atoms with Crippen molar-refractivity contribution in [1.29, 1.82) is 0 Å². The van der Waals surface area contributed by atoms with Gasteiger partial charge in [0.1, 0.15) is 11.9 Å². The molecule has 0 radical (unpaired) electrons. The first kappa shape index (κ1) is 25.7. The van der Waals surface area contributed by atoms with E-state index in [1.807, 2.05) is 0 Å². The number of carbonyl (C=O) groups is 3. The molecule has 2 rings (SSSR count). The van der Waals surface area contributed by atoms with E-state index in [4.69, 9.17) is 16.3 Å². The highest BCUT2D eigenvalue weighted by Gasteiger charge is 2.28. The maximum atomic E-state index is 13.6. The average Bonchev–Trinajstić information content (AvgIpc) is 2.76. The summed E-state index contributed by atoms with van der Waals surface area (Å²) < 4.78 is 18.6. The summed E-state index contributed by atoms with van der Waals surface area (Å²) >= 11 is 5.96. The Balaban J connectivity index is 1.93. The Morgan fingerprint density at radius 2 is 1.88 bits per heavy atom. The summed E-state index contributed by atoms with van der Waals surface area (Å²) in [5.74, 6) is -2.95. The molecule has 0 unspecified atom stereocenters. The van der Waals surface area contributed by atoms with E-state index < -0.39 is 47.1 Å². The van der Waals surface area contributed by atoms with Crippen molar-refractivity contribution < 1.29 is 28.4 Å². The second-order valence-corrected chi connectivity index (χ2v) is 7.99. The lowest BCUT2D eigenvalue weighted by Crippen LogP contribution is -2.46. The lowest BCUT2D eigenvalue weighted by atomic mass is 10.0. The number of halogens is 2. The number of ether oxygens (including phenoxy) is 1. The third-order valence-electron chi connectivity index (χ3n) is 4.69. The number of carbonyl (C=O) groups excluding carboxylic acids is 3. The zero-order chi connectivity index (χ0) is 24.7. The molecule has 176 valence electrons. The minimum Gasteiger partial charge on any atom is -0.454 e. The molecule has 0 saturated carbocycles. The van der Waals surface area contributed by atoms with Crippen LogP contribution in [0.1, 0.15) is 35.3 Å². The zero-order valence-electron chi connectivity index (χ0n) is 18.2. The van der Waals surface area contributed by atoms with Gasteiger partial charge in [0, 0.05) is 18.7 Å². The first-order chi connectivity index (χ1) is 15.5. The number of nitrogens with one attached hydrogen (secondary N) is 2. The summed E-state index contributed by atoms with van der Waals surface area (Å²) in [7, 11) is 0. The fraction of sp³-hybridized carbons (Fsp3) is 0.318. The summed E-state index contributed by atoms with van der Waals surface area (Å²) in [6.45, 7) is 4.41. The van der Waals surface area contributed by atoms with E-state index in [0.29, 0.717) is 11.1 Å². The standard InChI is InChI=1S/C22H23ClFN3O6/c1-12(2)20(26-21(29)16-7-6-15(27(31)32)9-17(16)23)22(30)33-11-19(28)25-10-14-5-4-13(3)18(24)8-14/h4-9,12,20H,10-11H2,1-3H3,(H,25,28)(H,26,29)/t20-/m0/s1. The van der Waals surface area contributed by atoms with Crippen molar-refractivity contribution in [3.63, 3.8) is 0 Å². The SMILES string of the molecule is Cc1ccc(CNC(=O)COC(=O)[C@@H](NC(=O)c2ccc([N+](=O)[O-])cc2Cl)C(C)C)cc1F. The predicted octanol–water partition coefficient (Wildman–Crippen LogP) is 3.31. The van der Waals surface area contributed by atoms with E-state index in [-0.39, 0.29) is 22.8 Å². The number of nitrogens with zero attached hydrogens (tertiary/aromatic N) is 1. The number of non-ortho nitro benzene ring substituents is 1. The number of nitro benzene ring substituents is 1. The second kappa shape index (κ2) is 11.4. The summed E-state index contributed by atoms with van der Waals surface area (Å²) in [5.41, 5.74) is 0.695. The van der Waals surface area contributed by atoms with Gasteiger partial charge in [-0.2, -0.15) is 0 Å². The number of nitro groups is 1. The Hall–Kier alpha value is -3.53. The van der Waals surface area contributed by atoms with Crippen LogP contribution in [0.2, 0.25) is 5.02 Å². The van der Waals surface area contributed by atoms with Crippen molar-refractivity contribution in [2.24, 2.45) is 5.92 Å². The minimum absolute atomic E-state index is 0.0520. The van der Waals surface area contributed by atoms with Gasteiger partial charge in [0.05, 0.1) is 15.5 Å². The predicted molar refractivity (Wildman–Crippen MR) is 118 cm³/mol. The van der Waals surface area contributed by atoms with E-state index >= 15 is 0 Å². The van der Waals surface area contributed by atoms with Crippen molar-refractivity contribution in [3.8, 4) is 0 Å². The van der Waals surface area contributed by atoms with E-state index in [9.17, 15) is 28.9 Å². The van der Waals surface area contributed by atoms with E-state index in [2.05, 4.69) is 10.6 Å². The largest absolute Gasteiger partial charge is 0.454 e. The molecular weight excluding hydrogens is 457 g/mol. The fourth-order valence-electron chi connectivity index (χ4n) is 2.74. The zero-order valence-corrected chi connectivity index (χ0v) is 18.9. The highest BCUT2D eigenvalue weighted by molar-refractivity contribution is 6.34. The molecule has 1 atom stereocenters. The third kappa shape index (κ3) is 7.25. The quantitative estimate of drug-likeness (QED) is 0.322. The van der Waals surface area contributed by atoms with Crippen LogP contribution in [0.25, 0.3) is 0 Å². The topological polar surface area (TPSA) is 128 Å². The van der Waals surface area contributed by atoms with Gasteiger partial charge in [0.25, 0.3) is 17.5 Å². The molecule has 2 N–H and O–H groups in total. The van der Waals surface area contributed by atoms with Crippen LogP contribution >= 0.6 is 11.6 Å². The van der Waals surface area contributed by atoms with Gasteiger partial charge < -0.3 is 15.4 Å². The number of benzene rings is 2. The van der Waals surface area contributed by atoms with Gasteiger partial charge in [-0.3, -0.25) is 19.7 Å². The molecule has 0 aliphatic heterocycles. The highest BCUT2D eigenvalue weighted by atomic mass is 35.5. The lowest BCUT2D eigenvalue weighted by Gasteiger charge is -2.21. The van der Waals surface area contributed by atoms with Crippen LogP contribution in [0, 0.1) is 28.8 Å². The van der Waals surface area contributed by atoms with Crippen molar-refractivity contribution in [3.05, 3.63) is 74.0 Å². The molecule has 0 fully saturated rings. The van der Waals surface area contributed by atoms with Gasteiger partial charge in [0.2, 0.25) is 0 Å². The maximum Gasteiger partial charge on any atom is 0.329 e. The molecule has 0 bridgehead atoms. The van der Waals surface area contributed by atoms with Crippen LogP contribution in [0.5, 0.6) is 0 Å². The van der Waals surface area contributed by atoms with Crippen LogP contribution in [0.4, 0.5) is 10.1 Å². The summed E-state index contributed by atoms with van der Waals surface area (Å²) in [4.78, 5) is 47.1. The lowest BCUT2D eigenvalue weighted by molar-refractivity contribution is -0.384. The Labute approximate surface area is 194 Å². The molecule has 2 amide bonds. The van der Waals surface area contributed by atoms with Crippen molar-refractivity contribution in [1.82, 2.24) is 10.6 Å². The monoisotopic (exact) mass is 479 g/mol. The number of hydrogen-bond acceptors (Lipinski definition) is 6. The van der Waals surface area contributed by atoms with Crippen molar-refractivity contribution >= 4 is 35.1 Å². The number of aryl methyl sites for hydroxylation is 1. The van der Waals surface area contributed by atoms with Gasteiger partial charge in [-0.05, 0) is 36.1 Å². The number of amides is 2. The molecule has 0 aliphatic rings. The average molecular weight is 480 g/mol. The summed E-state index contributed by atoms with van der Waals surface area (Å²) in [6, 6.07) is 6.79. The van der Waals surface area contributed by atoms with E-state index in [1.165, 1.54) is 12.1 Å². The first-order valence-corrected chi connectivity index (χ1v) is 10.3. The molecule has 0 aromatic heterocycles. The number of esters is 1. The molecule has 0 aliphatic carbocycles. The fourth-order valence-corrected chi connectivity index (χ4v) is 3.00. The first-order valence-electron chi connectivity index (χ1n) is 9.92. The van der Waals surface area contributed by atoms with Crippen molar-refractivity contribution in [2.45, 2.75) is 33.4 Å². The Morgan fingerprint density at radius 3 is 2.45 bits per heavy atom. The van der Waals surface area contributed by atoms with Crippen LogP contribution < -0.4 is 10.6 Å². The molecule has 0 saturated heterocycles. The van der Waals surface area contributed by atoms with E-state index in [0.717, 1.165) is 12.1 Å². The van der Waals surface area contributed by atoms with Gasteiger partial charge in [-0.15, -0.1) is 0 Å². The molecule has 0 heterocycles. The normalized spacial score (nSPS) is 11.6. The molecule has 0 spiro atoms. The molecular formula is C22H23ClFN3O6.